The molecule has 0 aromatic carbocycles. The molecule has 19 heteroatoms. The van der Waals surface area contributed by atoms with E-state index in [0.29, 0.717) is 25.7 Å². The molecule has 0 bridgehead atoms. The maximum Gasteiger partial charge on any atom is 0.472 e. The molecule has 2 unspecified atom stereocenters. The zero-order valence-electron chi connectivity index (χ0n) is 68.7. The second-order valence-corrected chi connectivity index (χ2v) is 33.8. The fraction of sp³-hybridized carbons (Fsp3) is 0.953. The molecule has 0 saturated carbocycles. The van der Waals surface area contributed by atoms with Gasteiger partial charge in [0.1, 0.15) is 19.3 Å². The lowest BCUT2D eigenvalue weighted by Crippen LogP contribution is -2.30. The molecular weight excluding hydrogens is 1370 g/mol. The van der Waals surface area contributed by atoms with Crippen molar-refractivity contribution in [2.24, 2.45) is 0 Å². The molecule has 0 spiro atoms. The van der Waals surface area contributed by atoms with Gasteiger partial charge in [-0.1, -0.05) is 419 Å². The molecule has 0 saturated heterocycles. The number of esters is 4. The van der Waals surface area contributed by atoms with Gasteiger partial charge in [-0.05, 0) is 25.7 Å². The van der Waals surface area contributed by atoms with Crippen LogP contribution in [-0.2, 0) is 65.4 Å². The first-order valence-electron chi connectivity index (χ1n) is 44.8. The zero-order chi connectivity index (χ0) is 76.7. The van der Waals surface area contributed by atoms with Gasteiger partial charge in [0.15, 0.2) is 12.2 Å². The number of phosphoric acid groups is 2. The topological polar surface area (TPSA) is 237 Å². The van der Waals surface area contributed by atoms with E-state index in [1.807, 2.05) is 0 Å². The van der Waals surface area contributed by atoms with Crippen molar-refractivity contribution in [2.75, 3.05) is 39.6 Å². The molecule has 105 heavy (non-hydrogen) atoms. The molecular formula is C86H168O17P2. The van der Waals surface area contributed by atoms with Gasteiger partial charge in [0.2, 0.25) is 0 Å². The summed E-state index contributed by atoms with van der Waals surface area (Å²) in [5.41, 5.74) is 0. The van der Waals surface area contributed by atoms with Crippen LogP contribution in [0, 0.1) is 0 Å². The van der Waals surface area contributed by atoms with Crippen molar-refractivity contribution in [2.45, 2.75) is 489 Å². The number of unbranched alkanes of at least 4 members (excludes halogenated alkanes) is 61. The lowest BCUT2D eigenvalue weighted by atomic mass is 10.0. The molecule has 0 rings (SSSR count). The highest BCUT2D eigenvalue weighted by molar-refractivity contribution is 7.47. The fourth-order valence-corrected chi connectivity index (χ4v) is 15.1. The highest BCUT2D eigenvalue weighted by Gasteiger charge is 2.30. The van der Waals surface area contributed by atoms with Crippen molar-refractivity contribution in [1.82, 2.24) is 0 Å². The molecule has 3 N–H and O–H groups in total. The van der Waals surface area contributed by atoms with E-state index in [9.17, 15) is 43.2 Å². The third-order valence-corrected chi connectivity index (χ3v) is 22.3. The van der Waals surface area contributed by atoms with Crippen LogP contribution in [0.3, 0.4) is 0 Å². The molecule has 0 aromatic heterocycles. The van der Waals surface area contributed by atoms with E-state index in [0.717, 1.165) is 89.9 Å². The lowest BCUT2D eigenvalue weighted by molar-refractivity contribution is -0.161. The standard InChI is InChI=1S/C86H168O17P2/c1-5-9-13-17-21-25-28-31-34-37-39-41-43-46-48-51-55-59-63-67-71-84(89)97-77-82(103-86(91)73-69-65-61-57-53-50-47-44-42-40-38-35-32-29-26-22-18-14-10-6-2)79-101-105(94,95)99-75-80(87)74-98-104(92,93)100-78-81(76-96-83(88)70-66-62-58-54-24-20-16-12-8-4)102-85(90)72-68-64-60-56-52-49-45-36-33-30-27-23-19-15-11-7-3/h80-82,87H,5-79H2,1-4H3,(H,92,93)(H,94,95)/t80-,81+,82+/m0/s1. The Kier molecular flexibility index (Phi) is 78.6. The van der Waals surface area contributed by atoms with Crippen LogP contribution >= 0.6 is 15.6 Å². The predicted octanol–water partition coefficient (Wildman–Crippen LogP) is 26.5. The van der Waals surface area contributed by atoms with Crippen LogP contribution in [0.4, 0.5) is 0 Å². The van der Waals surface area contributed by atoms with E-state index >= 15 is 0 Å². The summed E-state index contributed by atoms with van der Waals surface area (Å²) < 4.78 is 68.9. The summed E-state index contributed by atoms with van der Waals surface area (Å²) in [5, 5.41) is 10.7. The Morgan fingerprint density at radius 2 is 0.381 bits per heavy atom. The normalized spacial score (nSPS) is 13.7. The number of phosphoric ester groups is 2. The summed E-state index contributed by atoms with van der Waals surface area (Å²) in [6.07, 6.45) is 75.1. The summed E-state index contributed by atoms with van der Waals surface area (Å²) in [7, 11) is -9.92. The fourth-order valence-electron chi connectivity index (χ4n) is 13.5. The van der Waals surface area contributed by atoms with E-state index < -0.39 is 97.5 Å². The maximum atomic E-state index is 13.1. The quantitative estimate of drug-likeness (QED) is 0.0222. The summed E-state index contributed by atoms with van der Waals surface area (Å²) in [6, 6.07) is 0. The van der Waals surface area contributed by atoms with Crippen molar-refractivity contribution < 1.29 is 80.2 Å². The SMILES string of the molecule is CCCCCCCCCCCCCCCCCCCCCCC(=O)OC[C@H](COP(=O)(O)OC[C@@H](O)COP(=O)(O)OC[C@@H](COC(=O)CCCCCCCCCCC)OC(=O)CCCCCCCCCCCCCCCCCC)OC(=O)CCCCCCCCCCCCCCCCCCCCCC. The first kappa shape index (κ1) is 103. The van der Waals surface area contributed by atoms with Gasteiger partial charge in [-0.15, -0.1) is 0 Å². The first-order chi connectivity index (χ1) is 51.2. The molecule has 0 aliphatic heterocycles. The van der Waals surface area contributed by atoms with Crippen LogP contribution in [-0.4, -0.2) is 96.7 Å². The number of ether oxygens (including phenoxy) is 4. The van der Waals surface area contributed by atoms with Gasteiger partial charge in [0.05, 0.1) is 26.4 Å². The molecule has 0 aromatic rings. The molecule has 0 fully saturated rings. The van der Waals surface area contributed by atoms with Crippen LogP contribution < -0.4 is 0 Å². The lowest BCUT2D eigenvalue weighted by Gasteiger charge is -2.21. The van der Waals surface area contributed by atoms with E-state index in [1.54, 1.807) is 0 Å². The Balaban J connectivity index is 5.20. The number of rotatable bonds is 87. The van der Waals surface area contributed by atoms with Gasteiger partial charge in [-0.2, -0.15) is 0 Å². The van der Waals surface area contributed by atoms with Gasteiger partial charge in [-0.25, -0.2) is 9.13 Å². The average molecular weight is 1540 g/mol. The molecule has 0 heterocycles. The van der Waals surface area contributed by atoms with Crippen molar-refractivity contribution in [3.63, 3.8) is 0 Å². The van der Waals surface area contributed by atoms with Crippen molar-refractivity contribution >= 4 is 39.5 Å². The third-order valence-electron chi connectivity index (χ3n) is 20.4. The van der Waals surface area contributed by atoms with Gasteiger partial charge in [0, 0.05) is 25.7 Å². The van der Waals surface area contributed by atoms with Gasteiger partial charge in [-0.3, -0.25) is 37.3 Å². The Hall–Kier alpha value is -1.94. The highest BCUT2D eigenvalue weighted by atomic mass is 31.2. The summed E-state index contributed by atoms with van der Waals surface area (Å²) in [5.74, 6) is -2.10. The summed E-state index contributed by atoms with van der Waals surface area (Å²) in [6.45, 7) is 5.04. The molecule has 0 amide bonds. The second kappa shape index (κ2) is 80.1. The minimum Gasteiger partial charge on any atom is -0.462 e. The Morgan fingerprint density at radius 3 is 0.562 bits per heavy atom. The van der Waals surface area contributed by atoms with Crippen LogP contribution in [0.1, 0.15) is 471 Å². The molecule has 624 valence electrons. The molecule has 0 aliphatic rings. The van der Waals surface area contributed by atoms with Gasteiger partial charge < -0.3 is 33.8 Å². The van der Waals surface area contributed by atoms with Crippen molar-refractivity contribution in [3.8, 4) is 0 Å². The van der Waals surface area contributed by atoms with E-state index in [1.165, 1.54) is 302 Å². The summed E-state index contributed by atoms with van der Waals surface area (Å²) >= 11 is 0. The Labute approximate surface area is 645 Å². The number of aliphatic hydroxyl groups excluding tert-OH is 1. The summed E-state index contributed by atoms with van der Waals surface area (Å²) in [4.78, 5) is 73.2. The third kappa shape index (κ3) is 79.9. The second-order valence-electron chi connectivity index (χ2n) is 30.9. The minimum absolute atomic E-state index is 0.109. The van der Waals surface area contributed by atoms with Crippen molar-refractivity contribution in [1.29, 1.82) is 0 Å². The zero-order valence-corrected chi connectivity index (χ0v) is 70.5. The van der Waals surface area contributed by atoms with E-state index in [-0.39, 0.29) is 25.7 Å². The van der Waals surface area contributed by atoms with Crippen LogP contribution in [0.2, 0.25) is 0 Å². The number of carbonyl (C=O) groups excluding carboxylic acids is 4. The number of hydrogen-bond donors (Lipinski definition) is 3. The molecule has 0 aliphatic carbocycles. The minimum atomic E-state index is -4.96. The smallest absolute Gasteiger partial charge is 0.462 e. The largest absolute Gasteiger partial charge is 0.472 e. The Bertz CT molecular complexity index is 1980. The van der Waals surface area contributed by atoms with Gasteiger partial charge in [0.25, 0.3) is 0 Å². The van der Waals surface area contributed by atoms with Crippen LogP contribution in [0.5, 0.6) is 0 Å². The molecule has 17 nitrogen and oxygen atoms in total. The monoisotopic (exact) mass is 1540 g/mol. The van der Waals surface area contributed by atoms with E-state index in [2.05, 4.69) is 27.7 Å². The number of aliphatic hydroxyl groups is 1. The van der Waals surface area contributed by atoms with E-state index in [4.69, 9.17) is 37.0 Å². The van der Waals surface area contributed by atoms with Crippen LogP contribution in [0.15, 0.2) is 0 Å². The molecule has 5 atom stereocenters. The Morgan fingerprint density at radius 1 is 0.229 bits per heavy atom. The predicted molar refractivity (Wildman–Crippen MR) is 432 cm³/mol. The number of carbonyl (C=O) groups is 4. The number of hydrogen-bond acceptors (Lipinski definition) is 15. The molecule has 0 radical (unpaired) electrons. The van der Waals surface area contributed by atoms with Crippen molar-refractivity contribution in [3.05, 3.63) is 0 Å². The first-order valence-corrected chi connectivity index (χ1v) is 47.8. The van der Waals surface area contributed by atoms with Gasteiger partial charge >= 0.3 is 39.5 Å². The highest BCUT2D eigenvalue weighted by Crippen LogP contribution is 2.45. The van der Waals surface area contributed by atoms with Crippen LogP contribution in [0.25, 0.3) is 0 Å². The average Bonchev–Trinajstić information content (AvgIpc) is 0.905. The maximum absolute atomic E-state index is 13.1.